The van der Waals surface area contributed by atoms with Crippen molar-refractivity contribution in [3.8, 4) is 0 Å². The fourth-order valence-corrected chi connectivity index (χ4v) is 2.57. The molecule has 6 nitrogen and oxygen atoms in total. The summed E-state index contributed by atoms with van der Waals surface area (Å²) in [6, 6.07) is 3.41. The molecule has 0 spiro atoms. The summed E-state index contributed by atoms with van der Waals surface area (Å²) in [6.07, 6.45) is 0. The van der Waals surface area contributed by atoms with Crippen molar-refractivity contribution < 1.29 is 4.79 Å². The van der Waals surface area contributed by atoms with Gasteiger partial charge in [0.25, 0.3) is 5.56 Å². The lowest BCUT2D eigenvalue weighted by Crippen LogP contribution is -2.33. The zero-order valence-corrected chi connectivity index (χ0v) is 13.7. The first kappa shape index (κ1) is 16.0. The van der Waals surface area contributed by atoms with Crippen LogP contribution < -0.4 is 10.9 Å². The van der Waals surface area contributed by atoms with Gasteiger partial charge in [0, 0.05) is 23.5 Å². The van der Waals surface area contributed by atoms with Crippen LogP contribution in [0.2, 0.25) is 0 Å². The van der Waals surface area contributed by atoms with Crippen LogP contribution in [-0.2, 0) is 11.3 Å². The minimum absolute atomic E-state index is 0.156. The van der Waals surface area contributed by atoms with Crippen molar-refractivity contribution in [2.24, 2.45) is 0 Å². The van der Waals surface area contributed by atoms with Crippen LogP contribution >= 0.6 is 0 Å². The highest BCUT2D eigenvalue weighted by Crippen LogP contribution is 2.11. The molecule has 0 saturated heterocycles. The summed E-state index contributed by atoms with van der Waals surface area (Å²) in [5.74, 6) is -0.162. The van der Waals surface area contributed by atoms with Crippen molar-refractivity contribution in [3.63, 3.8) is 0 Å². The predicted molar refractivity (Wildman–Crippen MR) is 84.8 cm³/mol. The highest BCUT2D eigenvalue weighted by Gasteiger charge is 2.18. The Bertz CT molecular complexity index is 758. The molecule has 0 aliphatic heterocycles. The summed E-state index contributed by atoms with van der Waals surface area (Å²) in [4.78, 5) is 27.0. The molecule has 22 heavy (non-hydrogen) atoms. The van der Waals surface area contributed by atoms with Gasteiger partial charge in [-0.15, -0.1) is 0 Å². The number of carbonyl (C=O) groups excluding carboxylic acids is 1. The van der Waals surface area contributed by atoms with E-state index >= 15 is 0 Å². The quantitative estimate of drug-likeness (QED) is 0.902. The minimum Gasteiger partial charge on any atom is -0.350 e. The number of H-pyrrole nitrogens is 1. The van der Waals surface area contributed by atoms with Crippen molar-refractivity contribution in [1.82, 2.24) is 20.1 Å². The van der Waals surface area contributed by atoms with E-state index in [0.29, 0.717) is 5.56 Å². The van der Waals surface area contributed by atoms with E-state index in [1.54, 1.807) is 11.6 Å². The van der Waals surface area contributed by atoms with E-state index in [9.17, 15) is 9.59 Å². The molecule has 0 aromatic carbocycles. The van der Waals surface area contributed by atoms with Crippen LogP contribution in [0.4, 0.5) is 0 Å². The number of pyridine rings is 1. The van der Waals surface area contributed by atoms with Crippen LogP contribution in [-0.4, -0.2) is 20.7 Å². The number of nitrogens with one attached hydrogen (secondary N) is 2. The molecule has 2 rings (SSSR count). The van der Waals surface area contributed by atoms with Crippen LogP contribution in [0.5, 0.6) is 0 Å². The van der Waals surface area contributed by atoms with Gasteiger partial charge in [-0.25, -0.2) is 0 Å². The van der Waals surface area contributed by atoms with Crippen molar-refractivity contribution in [3.05, 3.63) is 50.7 Å². The summed E-state index contributed by atoms with van der Waals surface area (Å²) in [6.45, 7) is 9.52. The molecule has 0 saturated carbocycles. The lowest BCUT2D eigenvalue weighted by Gasteiger charge is -2.15. The largest absolute Gasteiger partial charge is 0.350 e. The summed E-state index contributed by atoms with van der Waals surface area (Å²) < 4.78 is 1.69. The monoisotopic (exact) mass is 302 g/mol. The average molecular weight is 302 g/mol. The number of nitrogens with zero attached hydrogens (tertiary/aromatic N) is 2. The van der Waals surface area contributed by atoms with Gasteiger partial charge in [0.1, 0.15) is 6.04 Å². The van der Waals surface area contributed by atoms with Gasteiger partial charge in [0.2, 0.25) is 5.91 Å². The Morgan fingerprint density at radius 3 is 2.55 bits per heavy atom. The van der Waals surface area contributed by atoms with E-state index in [-0.39, 0.29) is 18.0 Å². The number of rotatable bonds is 4. The molecule has 2 N–H and O–H groups in total. The van der Waals surface area contributed by atoms with Crippen LogP contribution in [0, 0.1) is 27.7 Å². The third-order valence-corrected chi connectivity index (χ3v) is 3.72. The van der Waals surface area contributed by atoms with Gasteiger partial charge < -0.3 is 10.3 Å². The highest BCUT2D eigenvalue weighted by atomic mass is 16.2. The Labute approximate surface area is 129 Å². The van der Waals surface area contributed by atoms with Crippen LogP contribution in [0.3, 0.4) is 0 Å². The van der Waals surface area contributed by atoms with Crippen molar-refractivity contribution in [1.29, 1.82) is 0 Å². The van der Waals surface area contributed by atoms with Gasteiger partial charge in [0.05, 0.1) is 5.69 Å². The molecule has 0 aliphatic rings. The summed E-state index contributed by atoms with van der Waals surface area (Å²) in [5, 5.41) is 7.14. The molecular weight excluding hydrogens is 280 g/mol. The van der Waals surface area contributed by atoms with Gasteiger partial charge in [0.15, 0.2) is 0 Å². The highest BCUT2D eigenvalue weighted by molar-refractivity contribution is 5.79. The first-order valence-corrected chi connectivity index (χ1v) is 7.29. The topological polar surface area (TPSA) is 79.8 Å². The van der Waals surface area contributed by atoms with Gasteiger partial charge in [-0.3, -0.25) is 14.3 Å². The molecule has 1 amide bonds. The third kappa shape index (κ3) is 3.27. The molecule has 2 heterocycles. The molecule has 2 aromatic rings. The second kappa shape index (κ2) is 6.17. The third-order valence-electron chi connectivity index (χ3n) is 3.72. The van der Waals surface area contributed by atoms with E-state index < -0.39 is 6.04 Å². The molecular formula is C16H22N4O2. The normalized spacial score (nSPS) is 12.2. The van der Waals surface area contributed by atoms with Crippen molar-refractivity contribution in [2.45, 2.75) is 47.2 Å². The Balaban J connectivity index is 2.10. The van der Waals surface area contributed by atoms with E-state index in [2.05, 4.69) is 15.4 Å². The maximum Gasteiger partial charge on any atom is 0.253 e. The number of amides is 1. The fraction of sp³-hybridized carbons (Fsp3) is 0.438. The lowest BCUT2D eigenvalue weighted by molar-refractivity contribution is -0.124. The van der Waals surface area contributed by atoms with E-state index in [4.69, 9.17) is 0 Å². The smallest absolute Gasteiger partial charge is 0.253 e. The maximum absolute atomic E-state index is 12.3. The number of carbonyl (C=O) groups is 1. The molecule has 0 aliphatic carbocycles. The molecule has 0 radical (unpaired) electrons. The van der Waals surface area contributed by atoms with E-state index in [1.165, 1.54) is 0 Å². The second-order valence-electron chi connectivity index (χ2n) is 5.71. The first-order valence-electron chi connectivity index (χ1n) is 7.29. The van der Waals surface area contributed by atoms with Gasteiger partial charge in [-0.05, 0) is 52.3 Å². The van der Waals surface area contributed by atoms with Gasteiger partial charge in [-0.2, -0.15) is 5.10 Å². The number of aryl methyl sites for hydroxylation is 4. The Kier molecular flexibility index (Phi) is 4.49. The maximum atomic E-state index is 12.3. The van der Waals surface area contributed by atoms with Crippen molar-refractivity contribution >= 4 is 5.91 Å². The summed E-state index contributed by atoms with van der Waals surface area (Å²) >= 11 is 0. The van der Waals surface area contributed by atoms with E-state index in [0.717, 1.165) is 22.6 Å². The number of hydrogen-bond acceptors (Lipinski definition) is 3. The lowest BCUT2D eigenvalue weighted by atomic mass is 10.1. The van der Waals surface area contributed by atoms with Gasteiger partial charge in [-0.1, -0.05) is 0 Å². The second-order valence-corrected chi connectivity index (χ2v) is 5.71. The van der Waals surface area contributed by atoms with E-state index in [1.807, 2.05) is 39.8 Å². The molecule has 0 bridgehead atoms. The summed E-state index contributed by atoms with van der Waals surface area (Å²) in [5.41, 5.74) is 3.93. The molecule has 118 valence electrons. The minimum atomic E-state index is -0.418. The number of hydrogen-bond donors (Lipinski definition) is 2. The molecule has 2 aromatic heterocycles. The van der Waals surface area contributed by atoms with Crippen LogP contribution in [0.15, 0.2) is 16.9 Å². The zero-order valence-electron chi connectivity index (χ0n) is 13.7. The van der Waals surface area contributed by atoms with Crippen LogP contribution in [0.25, 0.3) is 0 Å². The molecule has 6 heteroatoms. The van der Waals surface area contributed by atoms with Crippen molar-refractivity contribution in [2.75, 3.05) is 0 Å². The number of aromatic nitrogens is 3. The van der Waals surface area contributed by atoms with Crippen LogP contribution in [0.1, 0.15) is 41.2 Å². The molecule has 1 atom stereocenters. The Morgan fingerprint density at radius 2 is 2.00 bits per heavy atom. The predicted octanol–water partition coefficient (Wildman–Crippen LogP) is 1.68. The fourth-order valence-electron chi connectivity index (χ4n) is 2.57. The Morgan fingerprint density at radius 1 is 1.32 bits per heavy atom. The summed E-state index contributed by atoms with van der Waals surface area (Å²) in [7, 11) is 0. The molecule has 0 fully saturated rings. The number of aromatic amines is 1. The van der Waals surface area contributed by atoms with Gasteiger partial charge >= 0.3 is 0 Å². The SMILES string of the molecule is Cc1cc(C)n(C(C)C(=O)NCc2c(C)cc(C)[nH]c2=O)n1. The molecule has 1 unspecified atom stereocenters. The standard InChI is InChI=1S/C16H22N4O2/c1-9-6-10(2)18-16(22)14(9)8-17-15(21)13(5)20-12(4)7-11(3)19-20/h6-7,13H,8H2,1-5H3,(H,17,21)(H,18,22). The average Bonchev–Trinajstić information content (AvgIpc) is 2.75. The first-order chi connectivity index (χ1) is 10.3. The zero-order chi connectivity index (χ0) is 16.4. The Hall–Kier alpha value is -2.37.